The Balaban J connectivity index is 0.865. The standard InChI is InChI=1S/C66H47N3/c1-4-14-46(15-5-1)49-24-32-54(33-25-49)67(55-34-26-50(27-35-55)47-16-6-2-7-17-47)56-38-40-58(41-39-56)69-64-23-13-11-21-60(64)62-45-53(31-43-66(62)69)52-30-42-65-61(44-52)59-20-10-12-22-63(59)68(65)57-36-28-51(29-37-57)48-18-8-3-9-19-48/h1-9,11-19,21-45H,10,20H2. The molecule has 10 aromatic carbocycles. The number of fused-ring (bicyclic) bond motifs is 6. The van der Waals surface area contributed by atoms with Gasteiger partial charge in [-0.1, -0.05) is 164 Å². The molecule has 0 radical (unpaired) electrons. The van der Waals surface area contributed by atoms with Gasteiger partial charge in [-0.15, -0.1) is 0 Å². The zero-order valence-corrected chi connectivity index (χ0v) is 38.1. The molecule has 2 heterocycles. The summed E-state index contributed by atoms with van der Waals surface area (Å²) in [6.45, 7) is 0. The van der Waals surface area contributed by atoms with Gasteiger partial charge in [-0.25, -0.2) is 0 Å². The molecule has 0 amide bonds. The van der Waals surface area contributed by atoms with Crippen LogP contribution < -0.4 is 4.90 Å². The maximum Gasteiger partial charge on any atom is 0.0541 e. The summed E-state index contributed by atoms with van der Waals surface area (Å²) in [5.74, 6) is 0. The molecule has 0 atom stereocenters. The quantitative estimate of drug-likeness (QED) is 0.141. The third kappa shape index (κ3) is 7.24. The van der Waals surface area contributed by atoms with E-state index in [0.29, 0.717) is 0 Å². The number of aromatic nitrogens is 2. The van der Waals surface area contributed by atoms with E-state index in [1.165, 1.54) is 94.2 Å². The Labute approximate surface area is 402 Å². The number of hydrogen-bond acceptors (Lipinski definition) is 1. The van der Waals surface area contributed by atoms with Crippen molar-refractivity contribution >= 4 is 55.8 Å². The monoisotopic (exact) mass is 881 g/mol. The Kier molecular flexibility index (Phi) is 9.98. The molecule has 12 aromatic rings. The molecule has 2 aromatic heterocycles. The Hall–Kier alpha value is -8.92. The second-order valence-corrected chi connectivity index (χ2v) is 18.0. The molecule has 3 nitrogen and oxygen atoms in total. The molecule has 0 saturated heterocycles. The molecule has 3 heteroatoms. The van der Waals surface area contributed by atoms with Crippen molar-refractivity contribution in [2.24, 2.45) is 0 Å². The average molecular weight is 882 g/mol. The number of aryl methyl sites for hydroxylation is 1. The maximum atomic E-state index is 2.45. The lowest BCUT2D eigenvalue weighted by Crippen LogP contribution is -2.10. The SMILES string of the molecule is C1=Cc2c(c3cc(-c4ccc5c(c4)c4ccccc4n5-c4ccc(N(c5ccc(-c6ccccc6)cc5)c5ccc(-c6ccccc6)cc5)cc4)ccc3n2-c2ccc(-c3ccccc3)cc2)CC1. The lowest BCUT2D eigenvalue weighted by molar-refractivity contribution is 0.967. The summed E-state index contributed by atoms with van der Waals surface area (Å²) >= 11 is 0. The Bertz CT molecular complexity index is 3740. The normalized spacial score (nSPS) is 12.2. The Morgan fingerprint density at radius 3 is 1.25 bits per heavy atom. The van der Waals surface area contributed by atoms with Crippen molar-refractivity contribution in [3.8, 4) is 55.9 Å². The molecule has 326 valence electrons. The van der Waals surface area contributed by atoms with E-state index in [-0.39, 0.29) is 0 Å². The average Bonchev–Trinajstić information content (AvgIpc) is 3.94. The highest BCUT2D eigenvalue weighted by Gasteiger charge is 2.21. The van der Waals surface area contributed by atoms with Crippen LogP contribution in [0.15, 0.2) is 255 Å². The fraction of sp³-hybridized carbons (Fsp3) is 0.0303. The first-order valence-corrected chi connectivity index (χ1v) is 24.0. The fourth-order valence-corrected chi connectivity index (χ4v) is 10.6. The number of para-hydroxylation sites is 1. The first-order valence-electron chi connectivity index (χ1n) is 24.0. The van der Waals surface area contributed by atoms with Gasteiger partial charge in [0.15, 0.2) is 0 Å². The molecule has 0 N–H and O–H groups in total. The van der Waals surface area contributed by atoms with Gasteiger partial charge < -0.3 is 14.0 Å². The second kappa shape index (κ2) is 17.1. The minimum absolute atomic E-state index is 1.03. The largest absolute Gasteiger partial charge is 0.311 e. The Morgan fingerprint density at radius 2 is 0.696 bits per heavy atom. The lowest BCUT2D eigenvalue weighted by atomic mass is 9.97. The van der Waals surface area contributed by atoms with Crippen LogP contribution in [0.1, 0.15) is 17.7 Å². The summed E-state index contributed by atoms with van der Waals surface area (Å²) in [5, 5.41) is 3.81. The first kappa shape index (κ1) is 40.4. The smallest absolute Gasteiger partial charge is 0.0541 e. The van der Waals surface area contributed by atoms with Crippen molar-refractivity contribution in [1.29, 1.82) is 0 Å². The Morgan fingerprint density at radius 1 is 0.304 bits per heavy atom. The highest BCUT2D eigenvalue weighted by atomic mass is 15.1. The van der Waals surface area contributed by atoms with Crippen molar-refractivity contribution in [3.05, 3.63) is 266 Å². The third-order valence-electron chi connectivity index (χ3n) is 14.0. The lowest BCUT2D eigenvalue weighted by Gasteiger charge is -2.26. The van der Waals surface area contributed by atoms with E-state index in [2.05, 4.69) is 275 Å². The van der Waals surface area contributed by atoms with Gasteiger partial charge in [-0.2, -0.15) is 0 Å². The first-order chi connectivity index (χ1) is 34.2. The van der Waals surface area contributed by atoms with Crippen LogP contribution in [0.3, 0.4) is 0 Å². The highest BCUT2D eigenvalue weighted by Crippen LogP contribution is 2.41. The topological polar surface area (TPSA) is 13.1 Å². The van der Waals surface area contributed by atoms with Crippen LogP contribution in [0.5, 0.6) is 0 Å². The second-order valence-electron chi connectivity index (χ2n) is 18.0. The predicted molar refractivity (Wildman–Crippen MR) is 291 cm³/mol. The molecular weight excluding hydrogens is 835 g/mol. The number of benzene rings is 10. The van der Waals surface area contributed by atoms with E-state index < -0.39 is 0 Å². The maximum absolute atomic E-state index is 2.45. The molecule has 0 spiro atoms. The van der Waals surface area contributed by atoms with Crippen molar-refractivity contribution in [1.82, 2.24) is 9.13 Å². The van der Waals surface area contributed by atoms with Crippen molar-refractivity contribution in [2.75, 3.05) is 4.90 Å². The summed E-state index contributed by atoms with van der Waals surface area (Å²) in [6, 6.07) is 90.6. The van der Waals surface area contributed by atoms with Gasteiger partial charge in [0.2, 0.25) is 0 Å². The third-order valence-corrected chi connectivity index (χ3v) is 14.0. The van der Waals surface area contributed by atoms with E-state index in [9.17, 15) is 0 Å². The molecule has 1 aliphatic rings. The van der Waals surface area contributed by atoms with Crippen molar-refractivity contribution < 1.29 is 0 Å². The number of anilines is 3. The van der Waals surface area contributed by atoms with Gasteiger partial charge in [-0.3, -0.25) is 0 Å². The van der Waals surface area contributed by atoms with Gasteiger partial charge in [0.25, 0.3) is 0 Å². The van der Waals surface area contributed by atoms with Gasteiger partial charge in [0.1, 0.15) is 0 Å². The van der Waals surface area contributed by atoms with Crippen LogP contribution in [0.2, 0.25) is 0 Å². The van der Waals surface area contributed by atoms with E-state index in [4.69, 9.17) is 0 Å². The fourth-order valence-electron chi connectivity index (χ4n) is 10.6. The van der Waals surface area contributed by atoms with E-state index in [1.54, 1.807) is 0 Å². The highest BCUT2D eigenvalue weighted by molar-refractivity contribution is 6.10. The van der Waals surface area contributed by atoms with Crippen molar-refractivity contribution in [3.63, 3.8) is 0 Å². The van der Waals surface area contributed by atoms with Crippen LogP contribution in [-0.4, -0.2) is 9.13 Å². The number of nitrogens with zero attached hydrogens (tertiary/aromatic N) is 3. The summed E-state index contributed by atoms with van der Waals surface area (Å²) in [6.07, 6.45) is 6.73. The zero-order chi connectivity index (χ0) is 45.7. The zero-order valence-electron chi connectivity index (χ0n) is 38.1. The number of rotatable bonds is 9. The molecule has 0 aliphatic heterocycles. The molecule has 0 saturated carbocycles. The van der Waals surface area contributed by atoms with Gasteiger partial charge in [-0.05, 0) is 160 Å². The van der Waals surface area contributed by atoms with E-state index >= 15 is 0 Å². The van der Waals surface area contributed by atoms with Crippen LogP contribution in [0, 0.1) is 0 Å². The van der Waals surface area contributed by atoms with Gasteiger partial charge in [0, 0.05) is 50.3 Å². The minimum atomic E-state index is 1.03. The van der Waals surface area contributed by atoms with Crippen LogP contribution >= 0.6 is 0 Å². The van der Waals surface area contributed by atoms with E-state index in [1.807, 2.05) is 0 Å². The number of hydrogen-bond donors (Lipinski definition) is 0. The minimum Gasteiger partial charge on any atom is -0.311 e. The number of allylic oxidation sites excluding steroid dienone is 1. The summed E-state index contributed by atoms with van der Waals surface area (Å²) in [7, 11) is 0. The van der Waals surface area contributed by atoms with E-state index in [0.717, 1.165) is 35.6 Å². The molecule has 0 bridgehead atoms. The molecule has 1 aliphatic carbocycles. The van der Waals surface area contributed by atoms with Gasteiger partial charge in [0.05, 0.1) is 16.6 Å². The molecular formula is C66H47N3. The van der Waals surface area contributed by atoms with Crippen LogP contribution in [0.4, 0.5) is 17.1 Å². The van der Waals surface area contributed by atoms with Crippen LogP contribution in [0.25, 0.3) is 94.7 Å². The predicted octanol–water partition coefficient (Wildman–Crippen LogP) is 17.8. The van der Waals surface area contributed by atoms with Crippen LogP contribution in [-0.2, 0) is 6.42 Å². The summed E-state index contributed by atoms with van der Waals surface area (Å²) < 4.78 is 4.87. The molecule has 13 rings (SSSR count). The van der Waals surface area contributed by atoms with Gasteiger partial charge >= 0.3 is 0 Å². The molecule has 69 heavy (non-hydrogen) atoms. The summed E-state index contributed by atoms with van der Waals surface area (Å²) in [4.78, 5) is 2.35. The molecule has 0 fully saturated rings. The molecule has 0 unspecified atom stereocenters. The summed E-state index contributed by atoms with van der Waals surface area (Å²) in [5.41, 5.74) is 21.6. The van der Waals surface area contributed by atoms with Crippen molar-refractivity contribution in [2.45, 2.75) is 12.8 Å².